The lowest BCUT2D eigenvalue weighted by Crippen LogP contribution is -2.41. The van der Waals surface area contributed by atoms with Gasteiger partial charge in [-0.3, -0.25) is 19.3 Å². The molecule has 1 aromatic rings. The number of imide groups is 1. The van der Waals surface area contributed by atoms with Gasteiger partial charge in [0.25, 0.3) is 11.1 Å². The first kappa shape index (κ1) is 15.0. The largest absolute Gasteiger partial charge is 0.336 e. The number of hydrogen-bond acceptors (Lipinski definition) is 4. The lowest BCUT2D eigenvalue weighted by atomic mass is 10.1. The van der Waals surface area contributed by atoms with Crippen LogP contribution in [0.1, 0.15) is 16.8 Å². The Morgan fingerprint density at radius 3 is 2.50 bits per heavy atom. The molecule has 0 aromatic heterocycles. The van der Waals surface area contributed by atoms with E-state index in [-0.39, 0.29) is 30.0 Å². The van der Waals surface area contributed by atoms with Gasteiger partial charge in [0.2, 0.25) is 5.91 Å². The second-order valence-corrected chi connectivity index (χ2v) is 6.04. The number of thioether (sulfide) groups is 1. The Morgan fingerprint density at radius 1 is 1.23 bits per heavy atom. The summed E-state index contributed by atoms with van der Waals surface area (Å²) in [5.74, 6) is -2.78. The van der Waals surface area contributed by atoms with Crippen molar-refractivity contribution in [1.29, 1.82) is 0 Å². The van der Waals surface area contributed by atoms with Crippen molar-refractivity contribution in [3.05, 3.63) is 35.4 Å². The maximum absolute atomic E-state index is 13.7. The summed E-state index contributed by atoms with van der Waals surface area (Å²) in [4.78, 5) is 38.0. The molecule has 1 atom stereocenters. The van der Waals surface area contributed by atoms with Gasteiger partial charge >= 0.3 is 0 Å². The van der Waals surface area contributed by atoms with Gasteiger partial charge in [-0.05, 0) is 18.6 Å². The first-order chi connectivity index (χ1) is 10.5. The van der Waals surface area contributed by atoms with Gasteiger partial charge in [-0.25, -0.2) is 8.78 Å². The Bertz CT molecular complexity index is 631. The Balaban J connectivity index is 1.77. The Kier molecular flexibility index (Phi) is 3.86. The summed E-state index contributed by atoms with van der Waals surface area (Å²) < 4.78 is 27.3. The molecule has 2 aliphatic heterocycles. The molecule has 2 heterocycles. The molecule has 1 aromatic carbocycles. The van der Waals surface area contributed by atoms with Crippen LogP contribution in [0.4, 0.5) is 13.6 Å². The maximum atomic E-state index is 13.7. The van der Waals surface area contributed by atoms with E-state index in [4.69, 9.17) is 0 Å². The van der Waals surface area contributed by atoms with Gasteiger partial charge < -0.3 is 4.90 Å². The summed E-state index contributed by atoms with van der Waals surface area (Å²) in [5.41, 5.74) is -0.600. The van der Waals surface area contributed by atoms with Gasteiger partial charge in [-0.1, -0.05) is 17.8 Å². The summed E-state index contributed by atoms with van der Waals surface area (Å²) in [7, 11) is 0. The molecule has 5 nitrogen and oxygen atoms in total. The van der Waals surface area contributed by atoms with Gasteiger partial charge in [-0.2, -0.15) is 0 Å². The molecule has 0 saturated carbocycles. The van der Waals surface area contributed by atoms with Crippen LogP contribution in [-0.2, 0) is 4.79 Å². The molecule has 0 spiro atoms. The molecule has 3 rings (SSSR count). The molecule has 2 fully saturated rings. The molecule has 2 saturated heterocycles. The van der Waals surface area contributed by atoms with Crippen LogP contribution in [0.5, 0.6) is 0 Å². The topological polar surface area (TPSA) is 57.7 Å². The zero-order valence-corrected chi connectivity index (χ0v) is 12.2. The van der Waals surface area contributed by atoms with E-state index in [0.29, 0.717) is 6.42 Å². The second kappa shape index (κ2) is 5.68. The predicted octanol–water partition coefficient (Wildman–Crippen LogP) is 1.87. The fraction of sp³-hybridized carbons (Fsp3) is 0.357. The van der Waals surface area contributed by atoms with E-state index >= 15 is 0 Å². The van der Waals surface area contributed by atoms with Crippen molar-refractivity contribution in [2.45, 2.75) is 12.5 Å². The number of likely N-dealkylation sites (tertiary alicyclic amines) is 1. The molecular formula is C14H12F2N2O3S. The van der Waals surface area contributed by atoms with Crippen LogP contribution in [0.3, 0.4) is 0 Å². The van der Waals surface area contributed by atoms with Crippen LogP contribution in [-0.4, -0.2) is 51.7 Å². The van der Waals surface area contributed by atoms with Crippen molar-refractivity contribution in [1.82, 2.24) is 9.80 Å². The average molecular weight is 326 g/mol. The van der Waals surface area contributed by atoms with Crippen LogP contribution in [0.2, 0.25) is 0 Å². The molecule has 8 heteroatoms. The number of nitrogens with zero attached hydrogens (tertiary/aromatic N) is 2. The van der Waals surface area contributed by atoms with Crippen molar-refractivity contribution in [2.24, 2.45) is 0 Å². The highest BCUT2D eigenvalue weighted by atomic mass is 32.2. The highest BCUT2D eigenvalue weighted by Gasteiger charge is 2.40. The molecule has 116 valence electrons. The minimum Gasteiger partial charge on any atom is -0.336 e. The van der Waals surface area contributed by atoms with Gasteiger partial charge in [0.1, 0.15) is 17.2 Å². The van der Waals surface area contributed by atoms with Crippen LogP contribution in [0, 0.1) is 11.6 Å². The maximum Gasteiger partial charge on any atom is 0.289 e. The third-order valence-corrected chi connectivity index (χ3v) is 4.61. The van der Waals surface area contributed by atoms with E-state index < -0.39 is 29.1 Å². The molecule has 0 bridgehead atoms. The fourth-order valence-electron chi connectivity index (χ4n) is 2.71. The average Bonchev–Trinajstić information content (AvgIpc) is 3.05. The Morgan fingerprint density at radius 2 is 1.91 bits per heavy atom. The zero-order valence-electron chi connectivity index (χ0n) is 11.4. The highest BCUT2D eigenvalue weighted by molar-refractivity contribution is 8.14. The van der Waals surface area contributed by atoms with Gasteiger partial charge in [0.05, 0.1) is 11.8 Å². The first-order valence-electron chi connectivity index (χ1n) is 6.71. The number of carbonyl (C=O) groups excluding carboxylic acids is 3. The number of hydrogen-bond donors (Lipinski definition) is 0. The summed E-state index contributed by atoms with van der Waals surface area (Å²) in [5, 5.41) is -0.332. The van der Waals surface area contributed by atoms with Gasteiger partial charge in [-0.15, -0.1) is 0 Å². The summed E-state index contributed by atoms with van der Waals surface area (Å²) in [6.45, 7) is 0.351. The Labute approximate surface area is 129 Å². The highest BCUT2D eigenvalue weighted by Crippen LogP contribution is 2.27. The fourth-order valence-corrected chi connectivity index (χ4v) is 3.49. The SMILES string of the molecule is O=C(c1c(F)cccc1F)N1CCC(N2C(=O)CSC2=O)C1. The number of rotatable bonds is 2. The lowest BCUT2D eigenvalue weighted by molar-refractivity contribution is -0.126. The van der Waals surface area contributed by atoms with Crippen LogP contribution in [0.25, 0.3) is 0 Å². The molecule has 2 aliphatic rings. The number of benzene rings is 1. The predicted molar refractivity (Wildman–Crippen MR) is 75.4 cm³/mol. The zero-order chi connectivity index (χ0) is 15.9. The van der Waals surface area contributed by atoms with Crippen molar-refractivity contribution >= 4 is 28.8 Å². The normalized spacial score (nSPS) is 21.8. The third-order valence-electron chi connectivity index (χ3n) is 3.78. The molecule has 3 amide bonds. The quantitative estimate of drug-likeness (QED) is 0.833. The molecular weight excluding hydrogens is 314 g/mol. The molecule has 22 heavy (non-hydrogen) atoms. The van der Waals surface area contributed by atoms with Crippen LogP contribution >= 0.6 is 11.8 Å². The number of carbonyl (C=O) groups is 3. The molecule has 0 N–H and O–H groups in total. The van der Waals surface area contributed by atoms with E-state index in [1.165, 1.54) is 11.0 Å². The standard InChI is InChI=1S/C14H12F2N2O3S/c15-9-2-1-3-10(16)12(9)13(20)17-5-4-8(6-17)18-11(19)7-22-14(18)21/h1-3,8H,4-7H2. The van der Waals surface area contributed by atoms with Crippen LogP contribution in [0.15, 0.2) is 18.2 Å². The smallest absolute Gasteiger partial charge is 0.289 e. The van der Waals surface area contributed by atoms with E-state index in [9.17, 15) is 23.2 Å². The number of amides is 3. The van der Waals surface area contributed by atoms with Gasteiger partial charge in [0, 0.05) is 13.1 Å². The number of halogens is 2. The minimum atomic E-state index is -0.919. The summed E-state index contributed by atoms with van der Waals surface area (Å²) in [6, 6.07) is 2.81. The monoisotopic (exact) mass is 326 g/mol. The van der Waals surface area contributed by atoms with E-state index in [1.54, 1.807) is 0 Å². The van der Waals surface area contributed by atoms with E-state index in [1.807, 2.05) is 0 Å². The third kappa shape index (κ3) is 2.47. The van der Waals surface area contributed by atoms with Crippen molar-refractivity contribution in [3.8, 4) is 0 Å². The summed E-state index contributed by atoms with van der Waals surface area (Å²) >= 11 is 0.925. The second-order valence-electron chi connectivity index (χ2n) is 5.11. The Hall–Kier alpha value is -1.96. The van der Waals surface area contributed by atoms with E-state index in [2.05, 4.69) is 0 Å². The molecule has 1 unspecified atom stereocenters. The van der Waals surface area contributed by atoms with Crippen molar-refractivity contribution < 1.29 is 23.2 Å². The minimum absolute atomic E-state index is 0.102. The summed E-state index contributed by atoms with van der Waals surface area (Å²) in [6.07, 6.45) is 0.417. The first-order valence-corrected chi connectivity index (χ1v) is 7.69. The molecule has 0 aliphatic carbocycles. The molecule has 0 radical (unpaired) electrons. The van der Waals surface area contributed by atoms with Crippen LogP contribution < -0.4 is 0 Å². The van der Waals surface area contributed by atoms with Crippen molar-refractivity contribution in [3.63, 3.8) is 0 Å². The van der Waals surface area contributed by atoms with Crippen molar-refractivity contribution in [2.75, 3.05) is 18.8 Å². The lowest BCUT2D eigenvalue weighted by Gasteiger charge is -2.22. The van der Waals surface area contributed by atoms with E-state index in [0.717, 1.165) is 28.8 Å². The van der Waals surface area contributed by atoms with Gasteiger partial charge in [0.15, 0.2) is 0 Å².